The van der Waals surface area contributed by atoms with Crippen LogP contribution in [0, 0.1) is 0 Å². The van der Waals surface area contributed by atoms with Crippen LogP contribution >= 0.6 is 11.8 Å². The predicted octanol–water partition coefficient (Wildman–Crippen LogP) is 2.31. The Morgan fingerprint density at radius 1 is 0.886 bits per heavy atom. The van der Waals surface area contributed by atoms with Crippen molar-refractivity contribution < 1.29 is 14.6 Å². The molecule has 3 aromatic rings. The van der Waals surface area contributed by atoms with Gasteiger partial charge in [0.05, 0.1) is 25.5 Å². The number of hydrogen-bond donors (Lipinski definition) is 1. The quantitative estimate of drug-likeness (QED) is 0.501. The molecule has 0 unspecified atom stereocenters. The smallest absolute Gasteiger partial charge is 0.233 e. The summed E-state index contributed by atoms with van der Waals surface area (Å²) >= 11 is 1.45. The van der Waals surface area contributed by atoms with Crippen LogP contribution in [0.2, 0.25) is 0 Å². The monoisotopic (exact) mass is 494 g/mol. The van der Waals surface area contributed by atoms with Crippen LogP contribution < -0.4 is 9.80 Å². The van der Waals surface area contributed by atoms with Gasteiger partial charge in [-0.2, -0.15) is 0 Å². The van der Waals surface area contributed by atoms with E-state index in [0.717, 1.165) is 43.0 Å². The first-order valence-electron chi connectivity index (χ1n) is 11.9. The highest BCUT2D eigenvalue weighted by molar-refractivity contribution is 7.99. The van der Waals surface area contributed by atoms with Gasteiger partial charge in [0.25, 0.3) is 0 Å². The lowest BCUT2D eigenvalue weighted by Gasteiger charge is -2.36. The molecule has 0 saturated carbocycles. The first-order valence-corrected chi connectivity index (χ1v) is 12.9. The van der Waals surface area contributed by atoms with E-state index in [4.69, 9.17) is 4.74 Å². The number of amides is 1. The Balaban J connectivity index is 1.22. The van der Waals surface area contributed by atoms with Crippen molar-refractivity contribution >= 4 is 29.3 Å². The fourth-order valence-corrected chi connectivity index (χ4v) is 5.22. The Hall–Kier alpha value is -3.24. The molecule has 1 N–H and O–H groups in total. The minimum atomic E-state index is 0.113. The van der Waals surface area contributed by atoms with Gasteiger partial charge >= 0.3 is 0 Å². The SMILES string of the molecule is O=C(CSc1nnc(N2CCOCC2)n1Cc1ccccc1)N1CCN(c2ccc(O)cc2)CC1. The molecule has 35 heavy (non-hydrogen) atoms. The van der Waals surface area contributed by atoms with E-state index in [9.17, 15) is 9.90 Å². The summed E-state index contributed by atoms with van der Waals surface area (Å²) in [5, 5.41) is 19.2. The second-order valence-electron chi connectivity index (χ2n) is 8.63. The Bertz CT molecular complexity index is 1110. The van der Waals surface area contributed by atoms with Crippen LogP contribution in [-0.4, -0.2) is 88.9 Å². The maximum absolute atomic E-state index is 13.0. The highest BCUT2D eigenvalue weighted by Crippen LogP contribution is 2.25. The first kappa shape index (κ1) is 23.5. The van der Waals surface area contributed by atoms with E-state index in [1.807, 2.05) is 35.2 Å². The summed E-state index contributed by atoms with van der Waals surface area (Å²) in [6.45, 7) is 6.46. The summed E-state index contributed by atoms with van der Waals surface area (Å²) in [6, 6.07) is 17.5. The van der Waals surface area contributed by atoms with Crippen molar-refractivity contribution in [2.75, 3.05) is 68.0 Å². The highest BCUT2D eigenvalue weighted by atomic mass is 32.2. The van der Waals surface area contributed by atoms with Crippen molar-refractivity contribution in [3.8, 4) is 5.75 Å². The van der Waals surface area contributed by atoms with E-state index < -0.39 is 0 Å². The third-order valence-electron chi connectivity index (χ3n) is 6.35. The van der Waals surface area contributed by atoms with Crippen molar-refractivity contribution in [2.24, 2.45) is 0 Å². The molecule has 3 heterocycles. The number of rotatable bonds is 7. The number of anilines is 2. The number of ether oxygens (including phenoxy) is 1. The fraction of sp³-hybridized carbons (Fsp3) is 0.400. The summed E-state index contributed by atoms with van der Waals surface area (Å²) in [5.41, 5.74) is 2.23. The number of morpholine rings is 1. The lowest BCUT2D eigenvalue weighted by atomic mass is 10.2. The van der Waals surface area contributed by atoms with E-state index >= 15 is 0 Å². The van der Waals surface area contributed by atoms with Gasteiger partial charge in [0.15, 0.2) is 5.16 Å². The highest BCUT2D eigenvalue weighted by Gasteiger charge is 2.24. The topological polar surface area (TPSA) is 87.0 Å². The van der Waals surface area contributed by atoms with Gasteiger partial charge in [-0.1, -0.05) is 42.1 Å². The van der Waals surface area contributed by atoms with Gasteiger partial charge in [-0.05, 0) is 29.8 Å². The molecule has 184 valence electrons. The zero-order valence-electron chi connectivity index (χ0n) is 19.6. The van der Waals surface area contributed by atoms with Crippen molar-refractivity contribution in [2.45, 2.75) is 11.7 Å². The molecule has 1 aromatic heterocycles. The first-order chi connectivity index (χ1) is 17.2. The summed E-state index contributed by atoms with van der Waals surface area (Å²) in [4.78, 5) is 19.4. The van der Waals surface area contributed by atoms with Crippen LogP contribution in [0.1, 0.15) is 5.56 Å². The molecule has 2 fully saturated rings. The van der Waals surface area contributed by atoms with Gasteiger partial charge in [0.1, 0.15) is 5.75 Å². The number of carbonyl (C=O) groups excluding carboxylic acids is 1. The van der Waals surface area contributed by atoms with Gasteiger partial charge in [-0.3, -0.25) is 9.36 Å². The summed E-state index contributed by atoms with van der Waals surface area (Å²) in [5.74, 6) is 1.53. The Morgan fingerprint density at radius 3 is 2.31 bits per heavy atom. The van der Waals surface area contributed by atoms with Crippen LogP contribution in [0.25, 0.3) is 0 Å². The minimum Gasteiger partial charge on any atom is -0.508 e. The van der Waals surface area contributed by atoms with Crippen molar-refractivity contribution in [1.82, 2.24) is 19.7 Å². The van der Waals surface area contributed by atoms with Gasteiger partial charge in [0.2, 0.25) is 11.9 Å². The Labute approximate surface area is 209 Å². The maximum atomic E-state index is 13.0. The Kier molecular flexibility index (Phi) is 7.39. The largest absolute Gasteiger partial charge is 0.508 e. The summed E-state index contributed by atoms with van der Waals surface area (Å²) < 4.78 is 7.62. The standard InChI is InChI=1S/C25H30N6O3S/c32-22-8-6-21(7-9-22)28-10-12-29(13-11-28)23(33)19-35-25-27-26-24(30-14-16-34-17-15-30)31(25)18-20-4-2-1-3-5-20/h1-9,32H,10-19H2. The second-order valence-corrected chi connectivity index (χ2v) is 9.57. The Morgan fingerprint density at radius 2 is 1.60 bits per heavy atom. The minimum absolute atomic E-state index is 0.113. The molecular formula is C25H30N6O3S. The normalized spacial score (nSPS) is 16.5. The molecule has 9 nitrogen and oxygen atoms in total. The van der Waals surface area contributed by atoms with E-state index in [1.165, 1.54) is 17.3 Å². The molecule has 10 heteroatoms. The molecule has 0 aliphatic carbocycles. The summed E-state index contributed by atoms with van der Waals surface area (Å²) in [7, 11) is 0. The second kappa shape index (κ2) is 11.0. The number of nitrogens with zero attached hydrogens (tertiary/aromatic N) is 6. The molecule has 2 aromatic carbocycles. The molecule has 0 radical (unpaired) electrons. The van der Waals surface area contributed by atoms with Crippen molar-refractivity contribution in [3.63, 3.8) is 0 Å². The molecule has 2 aliphatic heterocycles. The van der Waals surface area contributed by atoms with Crippen molar-refractivity contribution in [3.05, 3.63) is 60.2 Å². The number of phenolic OH excluding ortho intramolecular Hbond substituents is 1. The number of aromatic hydroxyl groups is 1. The van der Waals surface area contributed by atoms with Crippen LogP contribution in [0.3, 0.4) is 0 Å². The van der Waals surface area contributed by atoms with Gasteiger partial charge in [-0.15, -0.1) is 10.2 Å². The van der Waals surface area contributed by atoms with Gasteiger partial charge in [0, 0.05) is 45.0 Å². The fourth-order valence-electron chi connectivity index (χ4n) is 4.38. The number of piperazine rings is 1. The number of carbonyl (C=O) groups is 1. The molecule has 5 rings (SSSR count). The van der Waals surface area contributed by atoms with Crippen LogP contribution in [0.4, 0.5) is 11.6 Å². The number of thioether (sulfide) groups is 1. The van der Waals surface area contributed by atoms with Crippen LogP contribution in [0.5, 0.6) is 5.75 Å². The molecular weight excluding hydrogens is 464 g/mol. The zero-order valence-corrected chi connectivity index (χ0v) is 20.4. The third kappa shape index (κ3) is 5.71. The van der Waals surface area contributed by atoms with E-state index in [-0.39, 0.29) is 11.7 Å². The van der Waals surface area contributed by atoms with Crippen LogP contribution in [-0.2, 0) is 16.1 Å². The van der Waals surface area contributed by atoms with E-state index in [0.29, 0.717) is 38.6 Å². The van der Waals surface area contributed by atoms with Gasteiger partial charge in [-0.25, -0.2) is 0 Å². The average Bonchev–Trinajstić information content (AvgIpc) is 3.31. The molecule has 0 spiro atoms. The molecule has 2 aliphatic rings. The van der Waals surface area contributed by atoms with Gasteiger partial charge < -0.3 is 24.5 Å². The van der Waals surface area contributed by atoms with E-state index in [1.54, 1.807) is 12.1 Å². The average molecular weight is 495 g/mol. The lowest BCUT2D eigenvalue weighted by molar-refractivity contribution is -0.128. The van der Waals surface area contributed by atoms with Crippen molar-refractivity contribution in [1.29, 1.82) is 0 Å². The molecule has 2 saturated heterocycles. The molecule has 1 amide bonds. The molecule has 0 atom stereocenters. The number of aromatic nitrogens is 3. The number of hydrogen-bond acceptors (Lipinski definition) is 8. The lowest BCUT2D eigenvalue weighted by Crippen LogP contribution is -2.49. The molecule has 0 bridgehead atoms. The van der Waals surface area contributed by atoms with Crippen LogP contribution in [0.15, 0.2) is 59.8 Å². The number of phenols is 1. The summed E-state index contributed by atoms with van der Waals surface area (Å²) in [6.07, 6.45) is 0. The predicted molar refractivity (Wildman–Crippen MR) is 136 cm³/mol. The van der Waals surface area contributed by atoms with E-state index in [2.05, 4.69) is 36.7 Å². The third-order valence-corrected chi connectivity index (χ3v) is 7.30. The zero-order chi connectivity index (χ0) is 24.0. The number of benzene rings is 2. The maximum Gasteiger partial charge on any atom is 0.233 e.